The number of hydroxylamine groups is 1. The topological polar surface area (TPSA) is 140 Å². The van der Waals surface area contributed by atoms with Crippen LogP contribution in [0.2, 0.25) is 0 Å². The molecule has 0 radical (unpaired) electrons. The maximum Gasteiger partial charge on any atom is 0.268 e. The Bertz CT molecular complexity index is 1300. The van der Waals surface area contributed by atoms with Gasteiger partial charge in [-0.15, -0.1) is 0 Å². The van der Waals surface area contributed by atoms with Crippen LogP contribution in [0.5, 0.6) is 0 Å². The molecule has 10 heteroatoms. The van der Waals surface area contributed by atoms with Gasteiger partial charge in [0.15, 0.2) is 0 Å². The van der Waals surface area contributed by atoms with Crippen molar-refractivity contribution in [3.05, 3.63) is 95.3 Å². The Morgan fingerprint density at radius 1 is 0.865 bits per heavy atom. The van der Waals surface area contributed by atoms with Crippen molar-refractivity contribution in [2.24, 2.45) is 0 Å². The van der Waals surface area contributed by atoms with Crippen molar-refractivity contribution < 1.29 is 29.1 Å². The molecule has 9 nitrogen and oxygen atoms in total. The third kappa shape index (κ3) is 8.17. The first-order valence-electron chi connectivity index (χ1n) is 11.2. The second-order valence-electron chi connectivity index (χ2n) is 7.98. The summed E-state index contributed by atoms with van der Waals surface area (Å²) >= 11 is 0. The number of carbonyl (C=O) groups excluding carboxylic acids is 3. The Morgan fingerprint density at radius 3 is 1.95 bits per heavy atom. The Labute approximate surface area is 212 Å². The number of hydrogen-bond donors (Lipinski definition) is 6. The average Bonchev–Trinajstić information content (AvgIpc) is 2.90. The molecule has 0 saturated carbocycles. The highest BCUT2D eigenvalue weighted by molar-refractivity contribution is 5.97. The molecule has 2 atom stereocenters. The van der Waals surface area contributed by atoms with E-state index >= 15 is 0 Å². The van der Waals surface area contributed by atoms with E-state index in [1.807, 2.05) is 0 Å². The quantitative estimate of drug-likeness (QED) is 0.158. The summed E-state index contributed by atoms with van der Waals surface area (Å²) in [6, 6.07) is 17.6. The van der Waals surface area contributed by atoms with Crippen molar-refractivity contribution >= 4 is 29.1 Å². The Hall–Kier alpha value is -4.72. The number of amides is 3. The Kier molecular flexibility index (Phi) is 9.32. The monoisotopic (exact) mass is 504 g/mol. The summed E-state index contributed by atoms with van der Waals surface area (Å²) in [5, 5.41) is 26.4. The van der Waals surface area contributed by atoms with E-state index in [1.54, 1.807) is 48.5 Å². The molecular formula is C27H25FN4O5. The van der Waals surface area contributed by atoms with Crippen LogP contribution in [0.1, 0.15) is 28.4 Å². The highest BCUT2D eigenvalue weighted by atomic mass is 19.1. The minimum atomic E-state index is -1.31. The summed E-state index contributed by atoms with van der Waals surface area (Å²) in [7, 11) is 0. The molecule has 0 heterocycles. The molecule has 2 unspecified atom stereocenters. The molecule has 0 fully saturated rings. The Morgan fingerprint density at radius 2 is 1.41 bits per heavy atom. The van der Waals surface area contributed by atoms with Gasteiger partial charge in [-0.1, -0.05) is 11.8 Å². The molecule has 6 N–H and O–H groups in total. The molecule has 0 saturated heterocycles. The van der Waals surface area contributed by atoms with E-state index in [1.165, 1.54) is 36.7 Å². The molecule has 3 amide bonds. The lowest BCUT2D eigenvalue weighted by atomic mass is 10.1. The fraction of sp³-hybridized carbons (Fsp3) is 0.148. The van der Waals surface area contributed by atoms with E-state index in [2.05, 4.69) is 27.8 Å². The zero-order valence-electron chi connectivity index (χ0n) is 19.8. The number of halogens is 1. The Balaban J connectivity index is 1.53. The van der Waals surface area contributed by atoms with Crippen LogP contribution in [-0.2, 0) is 9.59 Å². The first-order valence-corrected chi connectivity index (χ1v) is 11.2. The molecule has 0 aromatic heterocycles. The first-order chi connectivity index (χ1) is 17.7. The summed E-state index contributed by atoms with van der Waals surface area (Å²) in [6.45, 7) is 1.34. The highest BCUT2D eigenvalue weighted by Gasteiger charge is 2.25. The molecule has 0 bridgehead atoms. The summed E-state index contributed by atoms with van der Waals surface area (Å²) in [6.07, 6.45) is -1.21. The van der Waals surface area contributed by atoms with Crippen LogP contribution in [0.4, 0.5) is 15.8 Å². The van der Waals surface area contributed by atoms with Crippen LogP contribution in [-0.4, -0.2) is 46.7 Å². The van der Waals surface area contributed by atoms with Crippen LogP contribution in [0, 0.1) is 17.7 Å². The van der Waals surface area contributed by atoms with Gasteiger partial charge in [-0.3, -0.25) is 19.6 Å². The number of aliphatic hydroxyl groups is 1. The zero-order valence-corrected chi connectivity index (χ0v) is 19.8. The standard InChI is InChI=1S/C27H25FN4O5/c1-17(33)25(27(36)32-37)31-26(35)20-8-4-18(5-9-20)2-3-19-6-12-23(13-7-19)30-24(34)16-29-22-14-10-21(28)11-15-22/h4-15,17,25,29,33,37H,16H2,1H3,(H,30,34)(H,31,35)(H,32,36). The van der Waals surface area contributed by atoms with Gasteiger partial charge >= 0.3 is 0 Å². The predicted molar refractivity (Wildman–Crippen MR) is 135 cm³/mol. The number of aliphatic hydroxyl groups excluding tert-OH is 1. The predicted octanol–water partition coefficient (Wildman–Crippen LogP) is 2.26. The van der Waals surface area contributed by atoms with Gasteiger partial charge in [-0.05, 0) is 79.7 Å². The first kappa shape index (κ1) is 26.9. The van der Waals surface area contributed by atoms with Gasteiger partial charge in [-0.25, -0.2) is 9.87 Å². The lowest BCUT2D eigenvalue weighted by molar-refractivity contribution is -0.133. The normalized spacial score (nSPS) is 11.8. The van der Waals surface area contributed by atoms with Crippen molar-refractivity contribution in [1.82, 2.24) is 10.8 Å². The molecule has 0 spiro atoms. The van der Waals surface area contributed by atoms with Gasteiger partial charge in [0.1, 0.15) is 11.9 Å². The molecule has 0 aliphatic rings. The lowest BCUT2D eigenvalue weighted by Crippen LogP contribution is -2.51. The fourth-order valence-electron chi connectivity index (χ4n) is 3.14. The molecule has 0 aliphatic carbocycles. The third-order valence-electron chi connectivity index (χ3n) is 5.13. The van der Waals surface area contributed by atoms with Crippen LogP contribution < -0.4 is 21.4 Å². The van der Waals surface area contributed by atoms with Gasteiger partial charge < -0.3 is 21.1 Å². The molecule has 3 rings (SSSR count). The molecule has 3 aromatic rings. The maximum absolute atomic E-state index is 12.9. The lowest BCUT2D eigenvalue weighted by Gasteiger charge is -2.19. The number of hydrogen-bond acceptors (Lipinski definition) is 6. The SMILES string of the molecule is CC(O)C(NC(=O)c1ccc(C#Cc2ccc(NC(=O)CNc3ccc(F)cc3)cc2)cc1)C(=O)NO. The number of nitrogens with one attached hydrogen (secondary N) is 4. The summed E-state index contributed by atoms with van der Waals surface area (Å²) in [4.78, 5) is 36.0. The molecule has 3 aromatic carbocycles. The van der Waals surface area contributed by atoms with Crippen LogP contribution >= 0.6 is 0 Å². The third-order valence-corrected chi connectivity index (χ3v) is 5.13. The van der Waals surface area contributed by atoms with E-state index in [-0.39, 0.29) is 23.8 Å². The van der Waals surface area contributed by atoms with Gasteiger partial charge in [0.05, 0.1) is 12.6 Å². The molecule has 190 valence electrons. The second kappa shape index (κ2) is 12.8. The highest BCUT2D eigenvalue weighted by Crippen LogP contribution is 2.11. The number of rotatable bonds is 8. The minimum absolute atomic E-state index is 0.0233. The van der Waals surface area contributed by atoms with Crippen molar-refractivity contribution in [1.29, 1.82) is 0 Å². The smallest absolute Gasteiger partial charge is 0.268 e. The van der Waals surface area contributed by atoms with Crippen LogP contribution in [0.15, 0.2) is 72.8 Å². The number of carbonyl (C=O) groups is 3. The van der Waals surface area contributed by atoms with Crippen molar-refractivity contribution in [3.63, 3.8) is 0 Å². The fourth-order valence-corrected chi connectivity index (χ4v) is 3.14. The molecule has 0 aliphatic heterocycles. The second-order valence-corrected chi connectivity index (χ2v) is 7.98. The van der Waals surface area contributed by atoms with Gasteiger partial charge in [0.2, 0.25) is 5.91 Å². The van der Waals surface area contributed by atoms with Gasteiger partial charge in [0, 0.05) is 28.1 Å². The summed E-state index contributed by atoms with van der Waals surface area (Å²) in [5.74, 6) is 3.82. The number of benzene rings is 3. The zero-order chi connectivity index (χ0) is 26.8. The maximum atomic E-state index is 12.9. The van der Waals surface area contributed by atoms with Crippen molar-refractivity contribution in [2.45, 2.75) is 19.1 Å². The van der Waals surface area contributed by atoms with Gasteiger partial charge in [-0.2, -0.15) is 0 Å². The van der Waals surface area contributed by atoms with E-state index < -0.39 is 24.0 Å². The molecular weight excluding hydrogens is 479 g/mol. The van der Waals surface area contributed by atoms with Crippen molar-refractivity contribution in [3.8, 4) is 11.8 Å². The van der Waals surface area contributed by atoms with Gasteiger partial charge in [0.25, 0.3) is 11.8 Å². The van der Waals surface area contributed by atoms with Crippen molar-refractivity contribution in [2.75, 3.05) is 17.2 Å². The van der Waals surface area contributed by atoms with E-state index in [0.29, 0.717) is 22.5 Å². The molecule has 37 heavy (non-hydrogen) atoms. The largest absolute Gasteiger partial charge is 0.391 e. The summed E-state index contributed by atoms with van der Waals surface area (Å²) < 4.78 is 12.9. The van der Waals surface area contributed by atoms with E-state index in [9.17, 15) is 23.9 Å². The number of anilines is 2. The minimum Gasteiger partial charge on any atom is -0.391 e. The van der Waals surface area contributed by atoms with Crippen LogP contribution in [0.3, 0.4) is 0 Å². The van der Waals surface area contributed by atoms with E-state index in [4.69, 9.17) is 5.21 Å². The summed E-state index contributed by atoms with van der Waals surface area (Å²) in [5.41, 5.74) is 4.23. The van der Waals surface area contributed by atoms with E-state index in [0.717, 1.165) is 0 Å². The van der Waals surface area contributed by atoms with Crippen LogP contribution in [0.25, 0.3) is 0 Å². The average molecular weight is 505 g/mol.